The topological polar surface area (TPSA) is 0 Å². The van der Waals surface area contributed by atoms with E-state index in [1.165, 1.54) is 0 Å². The molecule has 0 bridgehead atoms. The molecule has 2 atom stereocenters. The Morgan fingerprint density at radius 3 is 2.60 bits per heavy atom. The van der Waals surface area contributed by atoms with E-state index in [9.17, 15) is 4.39 Å². The van der Waals surface area contributed by atoms with Gasteiger partial charge < -0.3 is 0 Å². The van der Waals surface area contributed by atoms with Crippen LogP contribution in [0.2, 0.25) is 0 Å². The van der Waals surface area contributed by atoms with Crippen LogP contribution in [-0.2, 0) is 0 Å². The van der Waals surface area contributed by atoms with Crippen LogP contribution >= 0.6 is 9.24 Å². The molecule has 0 heterocycles. The highest BCUT2D eigenvalue weighted by Gasteiger charge is 2.20. The summed E-state index contributed by atoms with van der Waals surface area (Å²) in [7, 11) is 2.20. The van der Waals surface area contributed by atoms with E-state index < -0.39 is 5.41 Å². The molecule has 0 N–H and O–H groups in total. The van der Waals surface area contributed by atoms with Gasteiger partial charge in [0.2, 0.25) is 0 Å². The van der Waals surface area contributed by atoms with Crippen LogP contribution < -0.4 is 0 Å². The van der Waals surface area contributed by atoms with Crippen LogP contribution in [0.1, 0.15) is 19.8 Å². The molecule has 0 aliphatic heterocycles. The molecule has 56 valence electrons. The zero-order chi connectivity index (χ0) is 7.61. The average Bonchev–Trinajstić information content (AvgIpc) is 1.88. The Labute approximate surface area is 63.4 Å². The number of hydrogen-bond acceptors (Lipinski definition) is 0. The molecule has 0 spiro atoms. The first-order valence-electron chi connectivity index (χ1n) is 3.45. The zero-order valence-electron chi connectivity index (χ0n) is 6.10. The van der Waals surface area contributed by atoms with Crippen LogP contribution in [0.15, 0.2) is 23.8 Å². The van der Waals surface area contributed by atoms with Gasteiger partial charge in [-0.05, 0) is 25.3 Å². The molecule has 0 amide bonds. The first-order chi connectivity index (χ1) is 4.61. The summed E-state index contributed by atoms with van der Waals surface area (Å²) >= 11 is 0. The molecule has 0 fully saturated rings. The van der Waals surface area contributed by atoms with E-state index in [1.807, 2.05) is 18.2 Å². The van der Waals surface area contributed by atoms with Crippen molar-refractivity contribution in [2.45, 2.75) is 25.2 Å². The van der Waals surface area contributed by atoms with E-state index in [-0.39, 0.29) is 0 Å². The maximum Gasteiger partial charge on any atom is 0.145 e. The number of halogens is 1. The molecule has 1 rings (SSSR count). The fraction of sp³-hybridized carbons (Fsp3) is 0.500. The van der Waals surface area contributed by atoms with Gasteiger partial charge in [-0.2, -0.15) is 0 Å². The number of alkyl halides is 1. The molecular formula is C8H12FP. The summed E-state index contributed by atoms with van der Waals surface area (Å²) < 4.78 is 13.1. The predicted molar refractivity (Wildman–Crippen MR) is 45.7 cm³/mol. The van der Waals surface area contributed by atoms with Gasteiger partial charge in [0.05, 0.1) is 0 Å². The van der Waals surface area contributed by atoms with Crippen LogP contribution in [0.3, 0.4) is 0 Å². The summed E-state index contributed by atoms with van der Waals surface area (Å²) in [6.45, 7) is 1.55. The second-order valence-corrected chi connectivity index (χ2v) is 3.80. The Kier molecular flexibility index (Phi) is 2.25. The van der Waals surface area contributed by atoms with Gasteiger partial charge in [-0.25, -0.2) is 4.39 Å². The quantitative estimate of drug-likeness (QED) is 0.515. The summed E-state index contributed by atoms with van der Waals surface area (Å²) in [5.41, 5.74) is 0.781. The SMILES string of the molecule is CC(F)(P)C1=CCCC=C1. The monoisotopic (exact) mass is 158 g/mol. The Hall–Kier alpha value is -0.160. The molecule has 0 saturated carbocycles. The molecule has 0 aromatic heterocycles. The highest BCUT2D eigenvalue weighted by atomic mass is 31.0. The first kappa shape index (κ1) is 7.94. The van der Waals surface area contributed by atoms with Crippen molar-refractivity contribution >= 4 is 9.24 Å². The molecule has 0 aromatic rings. The third-order valence-electron chi connectivity index (χ3n) is 1.56. The zero-order valence-corrected chi connectivity index (χ0v) is 7.26. The van der Waals surface area contributed by atoms with E-state index >= 15 is 0 Å². The van der Waals surface area contributed by atoms with Gasteiger partial charge in [0.25, 0.3) is 0 Å². The lowest BCUT2D eigenvalue weighted by atomic mass is 10.0. The summed E-state index contributed by atoms with van der Waals surface area (Å²) in [6, 6.07) is 0. The van der Waals surface area contributed by atoms with Crippen molar-refractivity contribution < 1.29 is 4.39 Å². The second-order valence-electron chi connectivity index (χ2n) is 2.71. The smallest absolute Gasteiger partial charge is 0.145 e. The van der Waals surface area contributed by atoms with Gasteiger partial charge in [0.1, 0.15) is 5.41 Å². The van der Waals surface area contributed by atoms with Gasteiger partial charge in [-0.3, -0.25) is 0 Å². The van der Waals surface area contributed by atoms with Gasteiger partial charge >= 0.3 is 0 Å². The molecule has 1 aliphatic rings. The standard InChI is InChI=1S/C8H12FP/c1-8(9,10)7-5-3-2-4-6-7/h3,5-6H,2,4,10H2,1H3. The molecule has 0 aromatic carbocycles. The molecule has 2 unspecified atom stereocenters. The average molecular weight is 158 g/mol. The fourth-order valence-corrected chi connectivity index (χ4v) is 1.19. The molecule has 10 heavy (non-hydrogen) atoms. The Morgan fingerprint density at radius 2 is 2.30 bits per heavy atom. The van der Waals surface area contributed by atoms with Crippen molar-refractivity contribution in [3.05, 3.63) is 23.8 Å². The maximum absolute atomic E-state index is 13.1. The normalized spacial score (nSPS) is 23.7. The van der Waals surface area contributed by atoms with Gasteiger partial charge in [-0.1, -0.05) is 27.5 Å². The first-order valence-corrected chi connectivity index (χ1v) is 4.03. The highest BCUT2D eigenvalue weighted by molar-refractivity contribution is 7.19. The predicted octanol–water partition coefficient (Wildman–Crippen LogP) is 2.82. The summed E-state index contributed by atoms with van der Waals surface area (Å²) in [4.78, 5) is 0. The van der Waals surface area contributed by atoms with Crippen LogP contribution in [0.5, 0.6) is 0 Å². The summed E-state index contributed by atoms with van der Waals surface area (Å²) in [5.74, 6) is 0. The van der Waals surface area contributed by atoms with Crippen LogP contribution in [0, 0.1) is 0 Å². The molecular weight excluding hydrogens is 146 g/mol. The lowest BCUT2D eigenvalue weighted by Gasteiger charge is -2.17. The third kappa shape index (κ3) is 1.91. The second kappa shape index (κ2) is 2.84. The molecule has 0 radical (unpaired) electrons. The van der Waals surface area contributed by atoms with E-state index in [0.29, 0.717) is 0 Å². The Morgan fingerprint density at radius 1 is 1.60 bits per heavy atom. The van der Waals surface area contributed by atoms with Crippen molar-refractivity contribution in [1.29, 1.82) is 0 Å². The van der Waals surface area contributed by atoms with Gasteiger partial charge in [0, 0.05) is 0 Å². The van der Waals surface area contributed by atoms with Crippen molar-refractivity contribution in [2.75, 3.05) is 0 Å². The maximum atomic E-state index is 13.1. The lowest BCUT2D eigenvalue weighted by Crippen LogP contribution is -2.10. The lowest BCUT2D eigenvalue weighted by molar-refractivity contribution is 0.370. The molecule has 1 aliphatic carbocycles. The van der Waals surface area contributed by atoms with E-state index in [0.717, 1.165) is 18.4 Å². The highest BCUT2D eigenvalue weighted by Crippen LogP contribution is 2.31. The van der Waals surface area contributed by atoms with E-state index in [2.05, 4.69) is 9.24 Å². The Balaban J connectivity index is 2.73. The van der Waals surface area contributed by atoms with E-state index in [4.69, 9.17) is 0 Å². The number of allylic oxidation sites excluding steroid dienone is 4. The van der Waals surface area contributed by atoms with Gasteiger partial charge in [0.15, 0.2) is 0 Å². The Bertz CT molecular complexity index is 174. The van der Waals surface area contributed by atoms with Crippen LogP contribution in [0.25, 0.3) is 0 Å². The fourth-order valence-electron chi connectivity index (χ4n) is 0.976. The van der Waals surface area contributed by atoms with Crippen molar-refractivity contribution in [1.82, 2.24) is 0 Å². The van der Waals surface area contributed by atoms with Crippen molar-refractivity contribution in [3.8, 4) is 0 Å². The minimum absolute atomic E-state index is 0.781. The van der Waals surface area contributed by atoms with Crippen LogP contribution in [-0.4, -0.2) is 5.41 Å². The number of hydrogen-bond donors (Lipinski definition) is 0. The van der Waals surface area contributed by atoms with Crippen molar-refractivity contribution in [2.24, 2.45) is 0 Å². The minimum Gasteiger partial charge on any atom is -0.235 e. The summed E-state index contributed by atoms with van der Waals surface area (Å²) in [5, 5.41) is -1.24. The third-order valence-corrected chi connectivity index (χ3v) is 1.89. The summed E-state index contributed by atoms with van der Waals surface area (Å²) in [6.07, 6.45) is 7.84. The molecule has 0 nitrogen and oxygen atoms in total. The van der Waals surface area contributed by atoms with Crippen LogP contribution in [0.4, 0.5) is 4.39 Å². The number of rotatable bonds is 1. The van der Waals surface area contributed by atoms with Gasteiger partial charge in [-0.15, -0.1) is 0 Å². The van der Waals surface area contributed by atoms with Crippen molar-refractivity contribution in [3.63, 3.8) is 0 Å². The largest absolute Gasteiger partial charge is 0.235 e. The molecule has 2 heteroatoms. The molecule has 0 saturated heterocycles. The minimum atomic E-state index is -1.24. The van der Waals surface area contributed by atoms with E-state index in [1.54, 1.807) is 6.92 Å².